The molecule has 0 radical (unpaired) electrons. The van der Waals surface area contributed by atoms with Crippen LogP contribution in [0.2, 0.25) is 0 Å². The standard InChI is InChI=1S/C15H13N3OS/c19-11-6-18(7-11)14-13-12(10-4-2-1-3-5-10)8-20-15(13)17-9-16-14/h1-5,8-9,11,19H,6-7H2. The predicted octanol–water partition coefficient (Wildman–Crippen LogP) is 2.54. The van der Waals surface area contributed by atoms with E-state index in [9.17, 15) is 5.11 Å². The second kappa shape index (κ2) is 4.54. The summed E-state index contributed by atoms with van der Waals surface area (Å²) in [7, 11) is 0. The van der Waals surface area contributed by atoms with E-state index < -0.39 is 0 Å². The number of rotatable bonds is 2. The van der Waals surface area contributed by atoms with E-state index in [1.165, 1.54) is 11.1 Å². The van der Waals surface area contributed by atoms with Gasteiger partial charge in [-0.3, -0.25) is 0 Å². The second-order valence-corrected chi connectivity index (χ2v) is 5.81. The van der Waals surface area contributed by atoms with Gasteiger partial charge in [0.15, 0.2) is 0 Å². The normalized spacial score (nSPS) is 15.6. The molecule has 1 N–H and O–H groups in total. The van der Waals surface area contributed by atoms with Crippen LogP contribution in [0.15, 0.2) is 42.0 Å². The zero-order chi connectivity index (χ0) is 13.5. The highest BCUT2D eigenvalue weighted by Crippen LogP contribution is 2.38. The van der Waals surface area contributed by atoms with E-state index in [0.29, 0.717) is 13.1 Å². The van der Waals surface area contributed by atoms with Gasteiger partial charge in [-0.05, 0) is 5.56 Å². The summed E-state index contributed by atoms with van der Waals surface area (Å²) in [6, 6.07) is 10.3. The Balaban J connectivity index is 1.90. The molecule has 1 fully saturated rings. The fraction of sp³-hybridized carbons (Fsp3) is 0.200. The highest BCUT2D eigenvalue weighted by Gasteiger charge is 2.28. The van der Waals surface area contributed by atoms with Gasteiger partial charge in [0.25, 0.3) is 0 Å². The van der Waals surface area contributed by atoms with Crippen LogP contribution in [0.5, 0.6) is 0 Å². The molecule has 1 saturated heterocycles. The largest absolute Gasteiger partial charge is 0.389 e. The molecule has 20 heavy (non-hydrogen) atoms. The Hall–Kier alpha value is -1.98. The molecule has 0 unspecified atom stereocenters. The molecule has 3 heterocycles. The van der Waals surface area contributed by atoms with Gasteiger partial charge in [0, 0.05) is 24.0 Å². The van der Waals surface area contributed by atoms with Crippen molar-refractivity contribution >= 4 is 27.4 Å². The van der Waals surface area contributed by atoms with Crippen molar-refractivity contribution in [1.82, 2.24) is 9.97 Å². The number of hydrogen-bond acceptors (Lipinski definition) is 5. The van der Waals surface area contributed by atoms with Crippen molar-refractivity contribution in [2.24, 2.45) is 0 Å². The van der Waals surface area contributed by atoms with E-state index in [4.69, 9.17) is 0 Å². The van der Waals surface area contributed by atoms with Crippen molar-refractivity contribution < 1.29 is 5.11 Å². The average Bonchev–Trinajstić information content (AvgIpc) is 2.89. The lowest BCUT2D eigenvalue weighted by molar-refractivity contribution is 0.141. The van der Waals surface area contributed by atoms with Crippen LogP contribution in [0.1, 0.15) is 0 Å². The molecule has 100 valence electrons. The molecule has 1 aromatic carbocycles. The summed E-state index contributed by atoms with van der Waals surface area (Å²) in [4.78, 5) is 11.9. The van der Waals surface area contributed by atoms with Gasteiger partial charge >= 0.3 is 0 Å². The molecule has 0 spiro atoms. The quantitative estimate of drug-likeness (QED) is 0.785. The van der Waals surface area contributed by atoms with Gasteiger partial charge in [-0.1, -0.05) is 30.3 Å². The fourth-order valence-electron chi connectivity index (χ4n) is 2.56. The van der Waals surface area contributed by atoms with E-state index in [1.807, 2.05) is 18.2 Å². The van der Waals surface area contributed by atoms with Crippen molar-refractivity contribution in [3.8, 4) is 11.1 Å². The van der Waals surface area contributed by atoms with Crippen molar-refractivity contribution in [1.29, 1.82) is 0 Å². The number of aliphatic hydroxyl groups is 1. The van der Waals surface area contributed by atoms with Crippen LogP contribution in [-0.2, 0) is 0 Å². The Labute approximate surface area is 120 Å². The maximum atomic E-state index is 9.51. The lowest BCUT2D eigenvalue weighted by Gasteiger charge is -2.37. The molecule has 0 aliphatic carbocycles. The first kappa shape index (κ1) is 11.8. The molecule has 3 aromatic rings. The van der Waals surface area contributed by atoms with E-state index in [1.54, 1.807) is 17.7 Å². The van der Waals surface area contributed by atoms with Gasteiger partial charge in [0.05, 0.1) is 11.5 Å². The number of hydrogen-bond donors (Lipinski definition) is 1. The summed E-state index contributed by atoms with van der Waals surface area (Å²) in [6.45, 7) is 1.30. The van der Waals surface area contributed by atoms with Crippen LogP contribution in [0.3, 0.4) is 0 Å². The van der Waals surface area contributed by atoms with Crippen LogP contribution < -0.4 is 4.90 Å². The molecular weight excluding hydrogens is 270 g/mol. The Morgan fingerprint density at radius 2 is 1.95 bits per heavy atom. The number of aliphatic hydroxyl groups excluding tert-OH is 1. The minimum absolute atomic E-state index is 0.237. The third-order valence-electron chi connectivity index (χ3n) is 3.60. The molecule has 0 bridgehead atoms. The van der Waals surface area contributed by atoms with E-state index in [-0.39, 0.29) is 6.10 Å². The van der Waals surface area contributed by atoms with Crippen molar-refractivity contribution in [2.45, 2.75) is 6.10 Å². The smallest absolute Gasteiger partial charge is 0.141 e. The second-order valence-electron chi connectivity index (χ2n) is 4.95. The molecule has 4 nitrogen and oxygen atoms in total. The number of benzene rings is 1. The Morgan fingerprint density at radius 1 is 1.15 bits per heavy atom. The van der Waals surface area contributed by atoms with Crippen LogP contribution in [0.4, 0.5) is 5.82 Å². The lowest BCUT2D eigenvalue weighted by Crippen LogP contribution is -2.51. The molecule has 0 saturated carbocycles. The van der Waals surface area contributed by atoms with Gasteiger partial charge < -0.3 is 10.0 Å². The number of nitrogens with zero attached hydrogens (tertiary/aromatic N) is 3. The predicted molar refractivity (Wildman–Crippen MR) is 81.1 cm³/mol. The summed E-state index contributed by atoms with van der Waals surface area (Å²) in [6.07, 6.45) is 1.37. The maximum Gasteiger partial charge on any atom is 0.141 e. The van der Waals surface area contributed by atoms with Gasteiger partial charge in [-0.2, -0.15) is 0 Å². The maximum absolute atomic E-state index is 9.51. The Morgan fingerprint density at radius 3 is 2.70 bits per heavy atom. The van der Waals surface area contributed by atoms with Crippen LogP contribution in [0.25, 0.3) is 21.3 Å². The molecule has 0 atom stereocenters. The summed E-state index contributed by atoms with van der Waals surface area (Å²) < 4.78 is 0. The van der Waals surface area contributed by atoms with E-state index in [2.05, 4.69) is 32.4 Å². The van der Waals surface area contributed by atoms with Crippen LogP contribution in [-0.4, -0.2) is 34.3 Å². The molecule has 5 heteroatoms. The molecule has 1 aliphatic rings. The topological polar surface area (TPSA) is 49.2 Å². The minimum Gasteiger partial charge on any atom is -0.389 e. The molecule has 4 rings (SSSR count). The average molecular weight is 283 g/mol. The molecule has 1 aliphatic heterocycles. The third-order valence-corrected chi connectivity index (χ3v) is 4.48. The SMILES string of the molecule is OC1CN(c2ncnc3scc(-c4ccccc4)c23)C1. The lowest BCUT2D eigenvalue weighted by atomic mass is 10.0. The summed E-state index contributed by atoms with van der Waals surface area (Å²) in [5.41, 5.74) is 2.35. The first-order valence-electron chi connectivity index (χ1n) is 6.53. The Bertz CT molecular complexity index is 750. The molecular formula is C15H13N3OS. The first-order valence-corrected chi connectivity index (χ1v) is 7.41. The van der Waals surface area contributed by atoms with Crippen LogP contribution in [0, 0.1) is 0 Å². The summed E-state index contributed by atoms with van der Waals surface area (Å²) in [5, 5.41) is 12.7. The highest BCUT2D eigenvalue weighted by molar-refractivity contribution is 7.17. The minimum atomic E-state index is -0.237. The van der Waals surface area contributed by atoms with Crippen molar-refractivity contribution in [3.63, 3.8) is 0 Å². The van der Waals surface area contributed by atoms with Gasteiger partial charge in [-0.25, -0.2) is 9.97 Å². The van der Waals surface area contributed by atoms with Crippen LogP contribution >= 0.6 is 11.3 Å². The summed E-state index contributed by atoms with van der Waals surface area (Å²) in [5.74, 6) is 0.931. The summed E-state index contributed by atoms with van der Waals surface area (Å²) >= 11 is 1.64. The van der Waals surface area contributed by atoms with E-state index >= 15 is 0 Å². The monoisotopic (exact) mass is 283 g/mol. The fourth-order valence-corrected chi connectivity index (χ4v) is 3.47. The number of aromatic nitrogens is 2. The number of β-amino-alcohol motifs (C(OH)–C–C–N with tert-alkyl or cyclic N) is 1. The van der Waals surface area contributed by atoms with E-state index in [0.717, 1.165) is 16.0 Å². The highest BCUT2D eigenvalue weighted by atomic mass is 32.1. The zero-order valence-corrected chi connectivity index (χ0v) is 11.5. The number of anilines is 1. The number of fused-ring (bicyclic) bond motifs is 1. The van der Waals surface area contributed by atoms with Crippen molar-refractivity contribution in [2.75, 3.05) is 18.0 Å². The molecule has 0 amide bonds. The molecule has 2 aromatic heterocycles. The third kappa shape index (κ3) is 1.78. The van der Waals surface area contributed by atoms with Gasteiger partial charge in [-0.15, -0.1) is 11.3 Å². The van der Waals surface area contributed by atoms with Gasteiger partial charge in [0.1, 0.15) is 17.0 Å². The van der Waals surface area contributed by atoms with Gasteiger partial charge in [0.2, 0.25) is 0 Å². The van der Waals surface area contributed by atoms with Crippen molar-refractivity contribution in [3.05, 3.63) is 42.0 Å². The first-order chi connectivity index (χ1) is 9.83. The number of thiophene rings is 1. The Kier molecular flexibility index (Phi) is 2.68. The zero-order valence-electron chi connectivity index (χ0n) is 10.7.